The van der Waals surface area contributed by atoms with E-state index < -0.39 is 0 Å². The molecular formula is C17H24N2O2. The van der Waals surface area contributed by atoms with Crippen molar-refractivity contribution in [2.24, 2.45) is 5.92 Å². The Morgan fingerprint density at radius 2 is 1.86 bits per heavy atom. The standard InChI is InChI=1S/C17H24N2O2/c1-3-10-19(11-4-2)17(21)14-6-5-7-15(12-14)18-16(20)13-8-9-13/h5-7,12-13H,3-4,8-11H2,1-2H3,(H,18,20). The van der Waals surface area contributed by atoms with Crippen LogP contribution in [0.15, 0.2) is 24.3 Å². The Morgan fingerprint density at radius 1 is 1.19 bits per heavy atom. The highest BCUT2D eigenvalue weighted by Crippen LogP contribution is 2.30. The largest absolute Gasteiger partial charge is 0.339 e. The molecule has 0 bridgehead atoms. The van der Waals surface area contributed by atoms with Gasteiger partial charge >= 0.3 is 0 Å². The molecule has 0 unspecified atom stereocenters. The average Bonchev–Trinajstić information content (AvgIpc) is 3.31. The number of benzene rings is 1. The second-order valence-electron chi connectivity index (χ2n) is 5.64. The predicted molar refractivity (Wildman–Crippen MR) is 84.3 cm³/mol. The maximum atomic E-state index is 12.5. The summed E-state index contributed by atoms with van der Waals surface area (Å²) >= 11 is 0. The molecule has 0 heterocycles. The summed E-state index contributed by atoms with van der Waals surface area (Å²) in [6, 6.07) is 7.25. The van der Waals surface area contributed by atoms with Gasteiger partial charge in [-0.1, -0.05) is 19.9 Å². The summed E-state index contributed by atoms with van der Waals surface area (Å²) in [5, 5.41) is 2.89. The van der Waals surface area contributed by atoms with Gasteiger partial charge in [0.15, 0.2) is 0 Å². The van der Waals surface area contributed by atoms with Crippen molar-refractivity contribution >= 4 is 17.5 Å². The Labute approximate surface area is 126 Å². The quantitative estimate of drug-likeness (QED) is 0.837. The molecular weight excluding hydrogens is 264 g/mol. The number of hydrogen-bond donors (Lipinski definition) is 1. The Balaban J connectivity index is 2.07. The minimum absolute atomic E-state index is 0.0428. The number of rotatable bonds is 7. The van der Waals surface area contributed by atoms with E-state index in [1.165, 1.54) is 0 Å². The topological polar surface area (TPSA) is 49.4 Å². The molecule has 1 aromatic carbocycles. The van der Waals surface area contributed by atoms with Crippen molar-refractivity contribution in [1.82, 2.24) is 4.90 Å². The molecule has 1 saturated carbocycles. The van der Waals surface area contributed by atoms with Crippen LogP contribution in [0, 0.1) is 5.92 Å². The third-order valence-electron chi connectivity index (χ3n) is 3.60. The highest BCUT2D eigenvalue weighted by molar-refractivity contribution is 5.98. The zero-order valence-electron chi connectivity index (χ0n) is 12.9. The summed E-state index contributed by atoms with van der Waals surface area (Å²) in [5.74, 6) is 0.279. The fourth-order valence-corrected chi connectivity index (χ4v) is 2.36. The number of nitrogens with zero attached hydrogens (tertiary/aromatic N) is 1. The van der Waals surface area contributed by atoms with Crippen molar-refractivity contribution in [2.75, 3.05) is 18.4 Å². The van der Waals surface area contributed by atoms with Crippen LogP contribution < -0.4 is 5.32 Å². The van der Waals surface area contributed by atoms with Gasteiger partial charge in [0, 0.05) is 30.3 Å². The predicted octanol–water partition coefficient (Wildman–Crippen LogP) is 3.30. The lowest BCUT2D eigenvalue weighted by Crippen LogP contribution is -2.32. The van der Waals surface area contributed by atoms with E-state index in [1.807, 2.05) is 23.1 Å². The molecule has 1 aliphatic rings. The third-order valence-corrected chi connectivity index (χ3v) is 3.60. The zero-order chi connectivity index (χ0) is 15.2. The monoisotopic (exact) mass is 288 g/mol. The van der Waals surface area contributed by atoms with Gasteiger partial charge in [-0.3, -0.25) is 9.59 Å². The van der Waals surface area contributed by atoms with Crippen LogP contribution in [0.5, 0.6) is 0 Å². The minimum Gasteiger partial charge on any atom is -0.339 e. The first-order chi connectivity index (χ1) is 10.2. The maximum Gasteiger partial charge on any atom is 0.253 e. The SMILES string of the molecule is CCCN(CCC)C(=O)c1cccc(NC(=O)C2CC2)c1. The summed E-state index contributed by atoms with van der Waals surface area (Å²) in [6.07, 6.45) is 3.85. The number of amides is 2. The van der Waals surface area contributed by atoms with Crippen molar-refractivity contribution in [1.29, 1.82) is 0 Å². The van der Waals surface area contributed by atoms with Crippen molar-refractivity contribution in [3.8, 4) is 0 Å². The summed E-state index contributed by atoms with van der Waals surface area (Å²) in [5.41, 5.74) is 1.36. The summed E-state index contributed by atoms with van der Waals surface area (Å²) in [6.45, 7) is 5.68. The molecule has 21 heavy (non-hydrogen) atoms. The second-order valence-corrected chi connectivity index (χ2v) is 5.64. The molecule has 0 saturated heterocycles. The van der Waals surface area contributed by atoms with Crippen molar-refractivity contribution in [2.45, 2.75) is 39.5 Å². The molecule has 2 amide bonds. The van der Waals surface area contributed by atoms with Gasteiger partial charge in [0.1, 0.15) is 0 Å². The van der Waals surface area contributed by atoms with Crippen molar-refractivity contribution in [3.05, 3.63) is 29.8 Å². The molecule has 1 N–H and O–H groups in total. The first-order valence-corrected chi connectivity index (χ1v) is 7.86. The molecule has 1 aliphatic carbocycles. The van der Waals surface area contributed by atoms with E-state index in [0.29, 0.717) is 11.3 Å². The number of carbonyl (C=O) groups is 2. The van der Waals surface area contributed by atoms with E-state index in [4.69, 9.17) is 0 Å². The van der Waals surface area contributed by atoms with Crippen molar-refractivity contribution in [3.63, 3.8) is 0 Å². The van der Waals surface area contributed by atoms with Crippen molar-refractivity contribution < 1.29 is 9.59 Å². The molecule has 0 aliphatic heterocycles. The number of carbonyl (C=O) groups excluding carboxylic acids is 2. The fraction of sp³-hybridized carbons (Fsp3) is 0.529. The van der Waals surface area contributed by atoms with Crippen LogP contribution in [0.1, 0.15) is 49.9 Å². The summed E-state index contributed by atoms with van der Waals surface area (Å²) in [7, 11) is 0. The first-order valence-electron chi connectivity index (χ1n) is 7.86. The molecule has 1 aromatic rings. The van der Waals surface area contributed by atoms with Gasteiger partial charge in [-0.25, -0.2) is 0 Å². The Kier molecular flexibility index (Phi) is 5.37. The molecule has 4 nitrogen and oxygen atoms in total. The van der Waals surface area contributed by atoms with Gasteiger partial charge in [0.25, 0.3) is 5.91 Å². The Morgan fingerprint density at radius 3 is 2.43 bits per heavy atom. The van der Waals surface area contributed by atoms with E-state index in [-0.39, 0.29) is 17.7 Å². The van der Waals surface area contributed by atoms with Gasteiger partial charge in [0.2, 0.25) is 5.91 Å². The van der Waals surface area contributed by atoms with Gasteiger partial charge < -0.3 is 10.2 Å². The molecule has 0 atom stereocenters. The van der Waals surface area contributed by atoms with Crippen LogP contribution in [-0.2, 0) is 4.79 Å². The average molecular weight is 288 g/mol. The molecule has 0 spiro atoms. The fourth-order valence-electron chi connectivity index (χ4n) is 2.36. The lowest BCUT2D eigenvalue weighted by Gasteiger charge is -2.21. The van der Waals surface area contributed by atoms with Crippen LogP contribution in [0.25, 0.3) is 0 Å². The highest BCUT2D eigenvalue weighted by atomic mass is 16.2. The van der Waals surface area contributed by atoms with Gasteiger partial charge in [0.05, 0.1) is 0 Å². The van der Waals surface area contributed by atoms with Crippen LogP contribution in [-0.4, -0.2) is 29.8 Å². The lowest BCUT2D eigenvalue weighted by atomic mass is 10.1. The zero-order valence-corrected chi connectivity index (χ0v) is 12.9. The second kappa shape index (κ2) is 7.25. The van der Waals surface area contributed by atoms with Crippen LogP contribution >= 0.6 is 0 Å². The maximum absolute atomic E-state index is 12.5. The molecule has 0 radical (unpaired) electrons. The summed E-state index contributed by atoms with van der Waals surface area (Å²) in [4.78, 5) is 26.2. The molecule has 114 valence electrons. The van der Waals surface area contributed by atoms with Crippen LogP contribution in [0.4, 0.5) is 5.69 Å². The smallest absolute Gasteiger partial charge is 0.253 e. The van der Waals surface area contributed by atoms with E-state index in [2.05, 4.69) is 19.2 Å². The lowest BCUT2D eigenvalue weighted by molar-refractivity contribution is -0.117. The van der Waals surface area contributed by atoms with Gasteiger partial charge in [-0.2, -0.15) is 0 Å². The minimum atomic E-state index is 0.0428. The first kappa shape index (κ1) is 15.5. The van der Waals surface area contributed by atoms with Gasteiger partial charge in [-0.15, -0.1) is 0 Å². The van der Waals surface area contributed by atoms with E-state index >= 15 is 0 Å². The molecule has 2 rings (SSSR count). The number of nitrogens with one attached hydrogen (secondary N) is 1. The number of hydrogen-bond acceptors (Lipinski definition) is 2. The van der Waals surface area contributed by atoms with Crippen LogP contribution in [0.3, 0.4) is 0 Å². The molecule has 0 aromatic heterocycles. The molecule has 4 heteroatoms. The van der Waals surface area contributed by atoms with E-state index in [9.17, 15) is 9.59 Å². The Hall–Kier alpha value is -1.84. The van der Waals surface area contributed by atoms with E-state index in [0.717, 1.165) is 38.8 Å². The molecule has 1 fully saturated rings. The third kappa shape index (κ3) is 4.31. The summed E-state index contributed by atoms with van der Waals surface area (Å²) < 4.78 is 0. The Bertz CT molecular complexity index is 503. The normalized spacial score (nSPS) is 13.8. The van der Waals surface area contributed by atoms with E-state index in [1.54, 1.807) is 6.07 Å². The number of anilines is 1. The van der Waals surface area contributed by atoms with Crippen LogP contribution in [0.2, 0.25) is 0 Å². The van der Waals surface area contributed by atoms with Gasteiger partial charge in [-0.05, 0) is 43.9 Å². The highest BCUT2D eigenvalue weighted by Gasteiger charge is 2.29.